The van der Waals surface area contributed by atoms with Crippen LogP contribution in [0.5, 0.6) is 0 Å². The molecule has 7 aromatic carbocycles. The monoisotopic (exact) mass is 667 g/mol. The fraction of sp³-hybridized carbons (Fsp3) is 0.216. The van der Waals surface area contributed by atoms with Crippen LogP contribution >= 0.6 is 0 Å². The quantitative estimate of drug-likeness (QED) is 0.177. The van der Waals surface area contributed by atoms with Crippen LogP contribution < -0.4 is 4.90 Å². The molecule has 1 nitrogen and oxygen atoms in total. The van der Waals surface area contributed by atoms with E-state index in [9.17, 15) is 0 Å². The SMILES string of the molecule is c1ccc(-c2ccc(-c3ccc(N(c4ccc5c(c4)-c4ccccc4C54C5CC6CC7CC4(C6)C7C5)c4cccc5ccccc45)cc3)cc2)cc1. The Balaban J connectivity index is 0.996. The second-order valence-corrected chi connectivity index (χ2v) is 16.6. The molecule has 250 valence electrons. The van der Waals surface area contributed by atoms with E-state index in [1.54, 1.807) is 11.1 Å². The summed E-state index contributed by atoms with van der Waals surface area (Å²) in [4.78, 5) is 2.51. The van der Waals surface area contributed by atoms with Gasteiger partial charge in [0.25, 0.3) is 0 Å². The van der Waals surface area contributed by atoms with Crippen LogP contribution in [0, 0.1) is 29.1 Å². The topological polar surface area (TPSA) is 3.24 Å². The van der Waals surface area contributed by atoms with Crippen LogP contribution in [0.15, 0.2) is 164 Å². The Hall–Kier alpha value is -5.40. The van der Waals surface area contributed by atoms with E-state index >= 15 is 0 Å². The molecule has 7 aromatic rings. The molecule has 6 aliphatic rings. The number of rotatable bonds is 5. The van der Waals surface area contributed by atoms with Gasteiger partial charge >= 0.3 is 0 Å². The lowest BCUT2D eigenvalue weighted by Gasteiger charge is -2.67. The highest BCUT2D eigenvalue weighted by Crippen LogP contribution is 2.84. The third-order valence-electron chi connectivity index (χ3n) is 14.5. The van der Waals surface area contributed by atoms with Gasteiger partial charge in [0.05, 0.1) is 5.69 Å². The zero-order chi connectivity index (χ0) is 34.0. The standard InChI is InChI=1S/C51H41N/c1-2-9-34(10-3-1)35-17-19-36(20-18-35)37-21-23-41(24-22-37)52(49-16-8-12-38-11-4-5-13-43(38)49)42-25-26-47-45(30-42)44-14-6-7-15-46(44)51(47)40-28-33-27-39-32-50(51,31-33)48(39)29-40/h1-26,30,33,39-40,48H,27-29,31-32H2. The number of hydrogen-bond acceptors (Lipinski definition) is 1. The fourth-order valence-electron chi connectivity index (χ4n) is 12.9. The lowest BCUT2D eigenvalue weighted by molar-refractivity contribution is -0.140. The largest absolute Gasteiger partial charge is 0.310 e. The van der Waals surface area contributed by atoms with Crippen molar-refractivity contribution < 1.29 is 0 Å². The average Bonchev–Trinajstić information content (AvgIpc) is 3.49. The van der Waals surface area contributed by atoms with Gasteiger partial charge in [-0.2, -0.15) is 0 Å². The molecule has 6 aliphatic carbocycles. The second-order valence-electron chi connectivity index (χ2n) is 16.6. The Morgan fingerprint density at radius 2 is 1.13 bits per heavy atom. The minimum absolute atomic E-state index is 0.192. The number of benzene rings is 7. The summed E-state index contributed by atoms with van der Waals surface area (Å²) in [6.07, 6.45) is 7.27. The van der Waals surface area contributed by atoms with E-state index in [4.69, 9.17) is 0 Å². The van der Waals surface area contributed by atoms with Gasteiger partial charge in [-0.15, -0.1) is 0 Å². The highest BCUT2D eigenvalue weighted by molar-refractivity contribution is 6.00. The zero-order valence-electron chi connectivity index (χ0n) is 29.4. The van der Waals surface area contributed by atoms with Crippen molar-refractivity contribution in [1.29, 1.82) is 0 Å². The Morgan fingerprint density at radius 3 is 1.96 bits per heavy atom. The zero-order valence-corrected chi connectivity index (χ0v) is 29.4. The molecule has 0 radical (unpaired) electrons. The minimum Gasteiger partial charge on any atom is -0.310 e. The first-order valence-electron chi connectivity index (χ1n) is 19.5. The number of fused-ring (bicyclic) bond motifs is 4. The van der Waals surface area contributed by atoms with Crippen LogP contribution in [0.4, 0.5) is 17.1 Å². The van der Waals surface area contributed by atoms with Crippen molar-refractivity contribution in [2.24, 2.45) is 29.1 Å². The van der Waals surface area contributed by atoms with Crippen molar-refractivity contribution in [2.45, 2.75) is 37.5 Å². The first kappa shape index (κ1) is 29.2. The molecule has 0 aliphatic heterocycles. The maximum absolute atomic E-state index is 2.58. The molecular weight excluding hydrogens is 627 g/mol. The molecule has 52 heavy (non-hydrogen) atoms. The van der Waals surface area contributed by atoms with Gasteiger partial charge in [-0.25, -0.2) is 0 Å². The summed E-state index contributed by atoms with van der Waals surface area (Å²) in [7, 11) is 0. The van der Waals surface area contributed by atoms with E-state index in [-0.39, 0.29) is 5.41 Å². The maximum Gasteiger partial charge on any atom is 0.0540 e. The van der Waals surface area contributed by atoms with E-state index in [0.29, 0.717) is 5.41 Å². The highest BCUT2D eigenvalue weighted by Gasteiger charge is 2.78. The molecule has 6 atom stereocenters. The van der Waals surface area contributed by atoms with Gasteiger partial charge in [0.15, 0.2) is 0 Å². The fourth-order valence-corrected chi connectivity index (χ4v) is 12.9. The van der Waals surface area contributed by atoms with Gasteiger partial charge in [-0.1, -0.05) is 133 Å². The van der Waals surface area contributed by atoms with E-state index in [2.05, 4.69) is 169 Å². The summed E-state index contributed by atoms with van der Waals surface area (Å²) in [6.45, 7) is 0. The third kappa shape index (κ3) is 3.74. The van der Waals surface area contributed by atoms with Crippen molar-refractivity contribution in [3.8, 4) is 33.4 Å². The molecule has 0 aromatic heterocycles. The van der Waals surface area contributed by atoms with Crippen molar-refractivity contribution in [3.05, 3.63) is 175 Å². The molecule has 5 saturated carbocycles. The van der Waals surface area contributed by atoms with Crippen LogP contribution in [0.2, 0.25) is 0 Å². The predicted molar refractivity (Wildman–Crippen MR) is 215 cm³/mol. The number of nitrogens with zero attached hydrogens (tertiary/aromatic N) is 1. The summed E-state index contributed by atoms with van der Waals surface area (Å²) in [6, 6.07) is 61.6. The van der Waals surface area contributed by atoms with E-state index in [0.717, 1.165) is 23.7 Å². The van der Waals surface area contributed by atoms with Gasteiger partial charge in [0.2, 0.25) is 0 Å². The highest BCUT2D eigenvalue weighted by atomic mass is 15.1. The average molecular weight is 668 g/mol. The van der Waals surface area contributed by atoms with Crippen molar-refractivity contribution >= 4 is 27.8 Å². The lowest BCUT2D eigenvalue weighted by Crippen LogP contribution is -2.62. The lowest BCUT2D eigenvalue weighted by atomic mass is 9.36. The summed E-state index contributed by atoms with van der Waals surface area (Å²) in [5.41, 5.74) is 15.5. The Bertz CT molecular complexity index is 2520. The first-order valence-corrected chi connectivity index (χ1v) is 19.5. The van der Waals surface area contributed by atoms with Crippen LogP contribution in [0.25, 0.3) is 44.2 Å². The van der Waals surface area contributed by atoms with E-state index in [1.807, 2.05) is 0 Å². The van der Waals surface area contributed by atoms with Gasteiger partial charge in [-0.3, -0.25) is 0 Å². The van der Waals surface area contributed by atoms with E-state index in [1.165, 1.54) is 93.3 Å². The molecule has 1 heteroatoms. The maximum atomic E-state index is 2.58. The Labute approximate surface area is 306 Å². The molecule has 4 bridgehead atoms. The first-order chi connectivity index (χ1) is 25.7. The predicted octanol–water partition coefficient (Wildman–Crippen LogP) is 13.4. The summed E-state index contributed by atoms with van der Waals surface area (Å²) < 4.78 is 0. The number of anilines is 3. The molecule has 5 fully saturated rings. The molecule has 6 unspecified atom stereocenters. The number of hydrogen-bond donors (Lipinski definition) is 0. The molecular formula is C51H41N. The Kier molecular flexibility index (Phi) is 5.94. The smallest absolute Gasteiger partial charge is 0.0540 e. The molecule has 0 heterocycles. The molecule has 0 N–H and O–H groups in total. The molecule has 13 rings (SSSR count). The third-order valence-corrected chi connectivity index (χ3v) is 14.5. The van der Waals surface area contributed by atoms with Crippen molar-refractivity contribution in [2.75, 3.05) is 4.90 Å². The molecule has 0 amide bonds. The van der Waals surface area contributed by atoms with Gasteiger partial charge in [0, 0.05) is 22.2 Å². The summed E-state index contributed by atoms with van der Waals surface area (Å²) in [5.74, 6) is 3.64. The van der Waals surface area contributed by atoms with Gasteiger partial charge in [-0.05, 0) is 141 Å². The van der Waals surface area contributed by atoms with Crippen molar-refractivity contribution in [3.63, 3.8) is 0 Å². The van der Waals surface area contributed by atoms with Crippen LogP contribution in [0.1, 0.15) is 43.2 Å². The normalized spacial score (nSPS) is 27.0. The van der Waals surface area contributed by atoms with E-state index < -0.39 is 0 Å². The van der Waals surface area contributed by atoms with Crippen LogP contribution in [0.3, 0.4) is 0 Å². The van der Waals surface area contributed by atoms with Gasteiger partial charge in [0.1, 0.15) is 0 Å². The van der Waals surface area contributed by atoms with Crippen LogP contribution in [-0.4, -0.2) is 0 Å². The van der Waals surface area contributed by atoms with Crippen molar-refractivity contribution in [1.82, 2.24) is 0 Å². The second kappa shape index (κ2) is 10.6. The summed E-state index contributed by atoms with van der Waals surface area (Å²) in [5, 5.41) is 2.53. The van der Waals surface area contributed by atoms with Crippen LogP contribution in [-0.2, 0) is 5.41 Å². The molecule has 0 saturated heterocycles. The summed E-state index contributed by atoms with van der Waals surface area (Å²) >= 11 is 0. The Morgan fingerprint density at radius 1 is 0.481 bits per heavy atom. The molecule has 2 spiro atoms. The van der Waals surface area contributed by atoms with Gasteiger partial charge < -0.3 is 4.90 Å². The minimum atomic E-state index is 0.192.